The molecule has 4 atom stereocenters. The molecule has 2 aromatic carbocycles. The standard InChI is InChI=1S/C29H32N4O4/c1-18(34)20-4-8-23(9-5-20)32-29(35)37-17-24-14-22-12-13-33(24)16-26(22)28-15-27(30-19(2)31-28)21-6-10-25(36-3)11-7-21/h4-11,15,22,24,26H,12-14,16-17H2,1-3H3,(H,32,35)/t22-,24+,26+/m0/s1. The minimum Gasteiger partial charge on any atom is -0.497 e. The molecule has 0 aliphatic carbocycles. The van der Waals surface area contributed by atoms with E-state index in [1.165, 1.54) is 6.92 Å². The molecule has 1 amide bonds. The fourth-order valence-electron chi connectivity index (χ4n) is 5.45. The number of nitrogens with one attached hydrogen (secondary N) is 1. The van der Waals surface area contributed by atoms with Gasteiger partial charge in [-0.05, 0) is 93.7 Å². The highest BCUT2D eigenvalue weighted by atomic mass is 16.5. The van der Waals surface area contributed by atoms with Crippen LogP contribution in [0, 0.1) is 12.8 Å². The summed E-state index contributed by atoms with van der Waals surface area (Å²) in [7, 11) is 1.66. The number of ketones is 1. The molecule has 0 saturated carbocycles. The minimum atomic E-state index is -0.481. The molecule has 4 heterocycles. The first-order chi connectivity index (χ1) is 17.9. The summed E-state index contributed by atoms with van der Waals surface area (Å²) in [4.78, 5) is 35.7. The van der Waals surface area contributed by atoms with Crippen molar-refractivity contribution in [3.63, 3.8) is 0 Å². The molecule has 1 N–H and O–H groups in total. The zero-order valence-corrected chi connectivity index (χ0v) is 21.4. The molecule has 37 heavy (non-hydrogen) atoms. The average Bonchev–Trinajstić information content (AvgIpc) is 2.92. The zero-order valence-electron chi connectivity index (χ0n) is 21.4. The number of aromatic nitrogens is 2. The first-order valence-corrected chi connectivity index (χ1v) is 12.7. The van der Waals surface area contributed by atoms with E-state index in [0.29, 0.717) is 29.7 Å². The number of nitrogens with zero attached hydrogens (tertiary/aromatic N) is 3. The van der Waals surface area contributed by atoms with Crippen LogP contribution in [0.25, 0.3) is 11.3 Å². The molecule has 1 unspecified atom stereocenters. The third-order valence-corrected chi connectivity index (χ3v) is 7.45. The molecule has 8 heteroatoms. The molecule has 3 aromatic rings. The van der Waals surface area contributed by atoms with Crippen molar-refractivity contribution in [2.45, 2.75) is 38.6 Å². The maximum Gasteiger partial charge on any atom is 0.411 e. The fraction of sp³-hybridized carbons (Fsp3) is 0.379. The van der Waals surface area contributed by atoms with Crippen LogP contribution in [0.3, 0.4) is 0 Å². The van der Waals surface area contributed by atoms with Crippen LogP contribution in [0.1, 0.15) is 47.6 Å². The summed E-state index contributed by atoms with van der Waals surface area (Å²) in [5, 5.41) is 2.75. The number of hydrogen-bond acceptors (Lipinski definition) is 7. The normalized spacial score (nSPS) is 22.4. The average molecular weight is 501 g/mol. The molecular weight excluding hydrogens is 468 g/mol. The van der Waals surface area contributed by atoms with E-state index in [9.17, 15) is 9.59 Å². The second-order valence-corrected chi connectivity index (χ2v) is 9.85. The Balaban J connectivity index is 1.20. The summed E-state index contributed by atoms with van der Waals surface area (Å²) in [6.07, 6.45) is 1.59. The Hall–Kier alpha value is -3.78. The highest BCUT2D eigenvalue weighted by Crippen LogP contribution is 2.42. The first kappa shape index (κ1) is 24.9. The predicted molar refractivity (Wildman–Crippen MR) is 141 cm³/mol. The molecule has 8 nitrogen and oxygen atoms in total. The Morgan fingerprint density at radius 2 is 1.84 bits per heavy atom. The number of ether oxygens (including phenoxy) is 2. The van der Waals surface area contributed by atoms with Crippen LogP contribution in [0.2, 0.25) is 0 Å². The number of anilines is 1. The van der Waals surface area contributed by atoms with Crippen LogP contribution in [0.4, 0.5) is 10.5 Å². The van der Waals surface area contributed by atoms with Gasteiger partial charge in [-0.2, -0.15) is 0 Å². The fourth-order valence-corrected chi connectivity index (χ4v) is 5.45. The molecule has 3 fully saturated rings. The van der Waals surface area contributed by atoms with Gasteiger partial charge >= 0.3 is 6.09 Å². The summed E-state index contributed by atoms with van der Waals surface area (Å²) in [6, 6.07) is 17.1. The number of aryl methyl sites for hydroxylation is 1. The third kappa shape index (κ3) is 5.64. The van der Waals surface area contributed by atoms with E-state index >= 15 is 0 Å². The zero-order chi connectivity index (χ0) is 25.9. The summed E-state index contributed by atoms with van der Waals surface area (Å²) in [5.74, 6) is 2.40. The molecule has 1 aromatic heterocycles. The Kier molecular flexibility index (Phi) is 7.19. The second-order valence-electron chi connectivity index (χ2n) is 9.85. The van der Waals surface area contributed by atoms with E-state index in [-0.39, 0.29) is 11.8 Å². The molecular formula is C29H32N4O4. The lowest BCUT2D eigenvalue weighted by Crippen LogP contribution is -2.54. The quantitative estimate of drug-likeness (QED) is 0.452. The summed E-state index contributed by atoms with van der Waals surface area (Å²) in [6.45, 7) is 5.70. The maximum atomic E-state index is 12.4. The van der Waals surface area contributed by atoms with Gasteiger partial charge in [-0.3, -0.25) is 15.0 Å². The molecule has 3 aliphatic heterocycles. The van der Waals surface area contributed by atoms with Gasteiger partial charge in [-0.1, -0.05) is 0 Å². The highest BCUT2D eigenvalue weighted by Gasteiger charge is 2.42. The monoisotopic (exact) mass is 500 g/mol. The lowest BCUT2D eigenvalue weighted by molar-refractivity contribution is -0.00151. The highest BCUT2D eigenvalue weighted by molar-refractivity contribution is 5.94. The number of hydrogen-bond donors (Lipinski definition) is 1. The SMILES string of the molecule is COc1ccc(-c2cc([C@@H]3CN4CC[C@H]3C[C@@H]4COC(=O)Nc3ccc(C(C)=O)cc3)nc(C)n2)cc1. The number of piperidine rings is 3. The van der Waals surface area contributed by atoms with Crippen molar-refractivity contribution in [3.8, 4) is 17.0 Å². The number of rotatable bonds is 7. The minimum absolute atomic E-state index is 0.0112. The van der Waals surface area contributed by atoms with Crippen molar-refractivity contribution < 1.29 is 19.1 Å². The van der Waals surface area contributed by atoms with Crippen molar-refractivity contribution in [3.05, 3.63) is 71.7 Å². The topological polar surface area (TPSA) is 93.7 Å². The second kappa shape index (κ2) is 10.7. The van der Waals surface area contributed by atoms with Crippen LogP contribution < -0.4 is 10.1 Å². The number of benzene rings is 2. The smallest absolute Gasteiger partial charge is 0.411 e. The van der Waals surface area contributed by atoms with Gasteiger partial charge < -0.3 is 9.47 Å². The predicted octanol–water partition coefficient (Wildman–Crippen LogP) is 5.09. The molecule has 6 rings (SSSR count). The van der Waals surface area contributed by atoms with Crippen LogP contribution in [0.5, 0.6) is 5.75 Å². The molecule has 192 valence electrons. The number of Topliss-reactive ketones (excluding diaryl/α,β-unsaturated/α-hetero) is 1. The van der Waals surface area contributed by atoms with Crippen LogP contribution in [-0.4, -0.2) is 59.6 Å². The van der Waals surface area contributed by atoms with Crippen molar-refractivity contribution in [1.82, 2.24) is 14.9 Å². The molecule has 0 radical (unpaired) electrons. The van der Waals surface area contributed by atoms with E-state index in [2.05, 4.69) is 21.3 Å². The van der Waals surface area contributed by atoms with Crippen molar-refractivity contribution in [2.24, 2.45) is 5.92 Å². The largest absolute Gasteiger partial charge is 0.497 e. The summed E-state index contributed by atoms with van der Waals surface area (Å²) < 4.78 is 10.9. The lowest BCUT2D eigenvalue weighted by Gasteiger charge is -2.49. The molecule has 3 aliphatic rings. The third-order valence-electron chi connectivity index (χ3n) is 7.45. The van der Waals surface area contributed by atoms with Crippen molar-refractivity contribution >= 4 is 17.6 Å². The van der Waals surface area contributed by atoms with E-state index in [4.69, 9.17) is 14.5 Å². The van der Waals surface area contributed by atoms with Crippen LogP contribution in [-0.2, 0) is 4.74 Å². The van der Waals surface area contributed by atoms with Crippen LogP contribution in [0.15, 0.2) is 54.6 Å². The summed E-state index contributed by atoms with van der Waals surface area (Å²) in [5.41, 5.74) is 4.26. The molecule has 3 saturated heterocycles. The van der Waals surface area contributed by atoms with Crippen molar-refractivity contribution in [1.29, 1.82) is 0 Å². The van der Waals surface area contributed by atoms with Crippen molar-refractivity contribution in [2.75, 3.05) is 32.1 Å². The van der Waals surface area contributed by atoms with E-state index in [1.54, 1.807) is 31.4 Å². The number of fused-ring (bicyclic) bond motifs is 3. The van der Waals surface area contributed by atoms with Gasteiger partial charge in [0.25, 0.3) is 0 Å². The molecule has 0 spiro atoms. The van der Waals surface area contributed by atoms with E-state index < -0.39 is 6.09 Å². The first-order valence-electron chi connectivity index (χ1n) is 12.7. The van der Waals surface area contributed by atoms with Gasteiger partial charge in [-0.15, -0.1) is 0 Å². The van der Waals surface area contributed by atoms with E-state index in [0.717, 1.165) is 54.5 Å². The Bertz CT molecular complexity index is 1280. The van der Waals surface area contributed by atoms with Gasteiger partial charge in [0.1, 0.15) is 18.2 Å². The summed E-state index contributed by atoms with van der Waals surface area (Å²) >= 11 is 0. The van der Waals surface area contributed by atoms with Crippen LogP contribution >= 0.6 is 0 Å². The Morgan fingerprint density at radius 1 is 1.08 bits per heavy atom. The lowest BCUT2D eigenvalue weighted by atomic mass is 9.74. The number of carbonyl (C=O) groups excluding carboxylic acids is 2. The number of amides is 1. The van der Waals surface area contributed by atoms with Gasteiger partial charge in [-0.25, -0.2) is 14.8 Å². The Morgan fingerprint density at radius 3 is 2.49 bits per heavy atom. The number of carbonyl (C=O) groups is 2. The Labute approximate surface area is 217 Å². The maximum absolute atomic E-state index is 12.4. The van der Waals surface area contributed by atoms with Gasteiger partial charge in [0.05, 0.1) is 12.8 Å². The molecule has 2 bridgehead atoms. The van der Waals surface area contributed by atoms with E-state index in [1.807, 2.05) is 31.2 Å². The number of methoxy groups -OCH3 is 1. The van der Waals surface area contributed by atoms with Gasteiger partial charge in [0, 0.05) is 41.0 Å². The van der Waals surface area contributed by atoms with Gasteiger partial charge in [0.2, 0.25) is 0 Å². The van der Waals surface area contributed by atoms with Gasteiger partial charge in [0.15, 0.2) is 5.78 Å².